The van der Waals surface area contributed by atoms with E-state index < -0.39 is 0 Å². The van der Waals surface area contributed by atoms with Crippen molar-refractivity contribution in [2.24, 2.45) is 10.8 Å². The van der Waals surface area contributed by atoms with Gasteiger partial charge in [-0.3, -0.25) is 18.4 Å². The van der Waals surface area contributed by atoms with Crippen molar-refractivity contribution in [1.29, 1.82) is 0 Å². The summed E-state index contributed by atoms with van der Waals surface area (Å²) in [6.45, 7) is 4.27. The van der Waals surface area contributed by atoms with Crippen LogP contribution in [-0.4, -0.2) is 76.7 Å². The number of benzene rings is 2. The third kappa shape index (κ3) is 7.66. The van der Waals surface area contributed by atoms with Crippen molar-refractivity contribution < 1.29 is 9.59 Å². The average Bonchev–Trinajstić information content (AvgIpc) is 4.10. The number of nitrogen functional groups attached to an aromatic ring is 2. The summed E-state index contributed by atoms with van der Waals surface area (Å²) in [5.41, 5.74) is 19.5. The number of anilines is 4. The lowest BCUT2D eigenvalue weighted by atomic mass is 9.92. The fraction of sp³-hybridized carbons (Fsp3) is 0.280. The summed E-state index contributed by atoms with van der Waals surface area (Å²) >= 11 is 0. The molecule has 66 heavy (non-hydrogen) atoms. The third-order valence-corrected chi connectivity index (χ3v) is 14.1. The first-order valence-electron chi connectivity index (χ1n) is 22.6. The second-order valence-electron chi connectivity index (χ2n) is 17.9. The summed E-state index contributed by atoms with van der Waals surface area (Å²) in [4.78, 5) is 52.3. The van der Waals surface area contributed by atoms with E-state index in [1.807, 2.05) is 60.9 Å². The molecule has 2 aliphatic heterocycles. The molecule has 16 heteroatoms. The van der Waals surface area contributed by atoms with Crippen molar-refractivity contribution >= 4 is 46.1 Å². The number of imidazole rings is 2. The number of fused-ring (bicyclic) bond motifs is 2. The molecule has 2 saturated carbocycles. The molecule has 2 aliphatic carbocycles. The first-order chi connectivity index (χ1) is 32.3. The molecule has 2 saturated heterocycles. The van der Waals surface area contributed by atoms with E-state index in [2.05, 4.69) is 50.0 Å². The third-order valence-electron chi connectivity index (χ3n) is 14.1. The van der Waals surface area contributed by atoms with Crippen LogP contribution in [0.5, 0.6) is 0 Å². The Morgan fingerprint density at radius 1 is 0.545 bits per heavy atom. The van der Waals surface area contributed by atoms with Gasteiger partial charge in [0.1, 0.15) is 57.3 Å². The summed E-state index contributed by atoms with van der Waals surface area (Å²) in [7, 11) is 0. The monoisotopic (exact) mass is 878 g/mol. The Kier molecular flexibility index (Phi) is 10.5. The van der Waals surface area contributed by atoms with Crippen molar-refractivity contribution in [3.63, 3.8) is 0 Å². The minimum Gasteiger partial charge on any atom is -0.382 e. The minimum absolute atomic E-state index is 0.206. The fourth-order valence-corrected chi connectivity index (χ4v) is 10.3. The van der Waals surface area contributed by atoms with Crippen LogP contribution in [0.25, 0.3) is 33.5 Å². The largest absolute Gasteiger partial charge is 0.382 e. The molecule has 8 N–H and O–H groups in total. The van der Waals surface area contributed by atoms with E-state index >= 15 is 0 Å². The summed E-state index contributed by atoms with van der Waals surface area (Å²) in [5, 5.41) is 12.6. The Bertz CT molecular complexity index is 2860. The van der Waals surface area contributed by atoms with Gasteiger partial charge in [0.05, 0.1) is 0 Å². The van der Waals surface area contributed by atoms with Crippen LogP contribution in [0.3, 0.4) is 0 Å². The van der Waals surface area contributed by atoms with Gasteiger partial charge in [-0.25, -0.2) is 29.9 Å². The maximum Gasteiger partial charge on any atom is 0.256 e. The minimum atomic E-state index is -0.206. The number of rotatable bonds is 8. The Morgan fingerprint density at radius 2 is 0.955 bits per heavy atom. The second kappa shape index (κ2) is 16.8. The zero-order valence-corrected chi connectivity index (χ0v) is 36.3. The number of nitrogens with zero attached hydrogens (tertiary/aromatic N) is 8. The van der Waals surface area contributed by atoms with Crippen LogP contribution in [0.2, 0.25) is 0 Å². The van der Waals surface area contributed by atoms with Crippen molar-refractivity contribution in [3.05, 3.63) is 145 Å². The van der Waals surface area contributed by atoms with Crippen LogP contribution in [0.4, 0.5) is 23.3 Å². The molecular formula is C50H50N14O2. The zero-order valence-electron chi connectivity index (χ0n) is 36.3. The van der Waals surface area contributed by atoms with Gasteiger partial charge in [0.15, 0.2) is 0 Å². The van der Waals surface area contributed by atoms with Crippen molar-refractivity contribution in [3.8, 4) is 22.5 Å². The number of pyridine rings is 2. The molecular weight excluding hydrogens is 829 g/mol. The molecule has 2 atom stereocenters. The van der Waals surface area contributed by atoms with Gasteiger partial charge in [0.2, 0.25) is 0 Å². The van der Waals surface area contributed by atoms with Gasteiger partial charge in [0, 0.05) is 71.3 Å². The van der Waals surface area contributed by atoms with E-state index in [1.165, 1.54) is 38.5 Å². The number of carbonyl (C=O) groups is 2. The highest BCUT2D eigenvalue weighted by Gasteiger charge is 2.57. The molecule has 8 heterocycles. The molecule has 2 unspecified atom stereocenters. The van der Waals surface area contributed by atoms with Gasteiger partial charge in [-0.05, 0) is 124 Å². The highest BCUT2D eigenvalue weighted by Crippen LogP contribution is 2.65. The maximum atomic E-state index is 12.6. The number of aromatic nitrogens is 8. The van der Waals surface area contributed by atoms with Gasteiger partial charge >= 0.3 is 0 Å². The molecule has 4 aliphatic rings. The van der Waals surface area contributed by atoms with E-state index in [-0.39, 0.29) is 11.8 Å². The van der Waals surface area contributed by atoms with Crippen LogP contribution < -0.4 is 32.7 Å². The van der Waals surface area contributed by atoms with Gasteiger partial charge in [-0.15, -0.1) is 0 Å². The topological polar surface area (TPSA) is 220 Å². The molecule has 16 nitrogen and oxygen atoms in total. The van der Waals surface area contributed by atoms with Gasteiger partial charge in [-0.1, -0.05) is 36.4 Å². The number of hydrogen-bond acceptors (Lipinski definition) is 12. The predicted octanol–water partition coefficient (Wildman–Crippen LogP) is 6.97. The molecule has 2 amide bonds. The Hall–Kier alpha value is -7.56. The van der Waals surface area contributed by atoms with Gasteiger partial charge < -0.3 is 32.7 Å². The number of carbonyl (C=O) groups excluding carboxylic acids is 2. The quantitative estimate of drug-likeness (QED) is 0.0912. The average molecular weight is 879 g/mol. The predicted molar refractivity (Wildman–Crippen MR) is 254 cm³/mol. The molecule has 4 fully saturated rings. The maximum absolute atomic E-state index is 12.6. The molecule has 2 spiro atoms. The Balaban J connectivity index is 0.000000146. The van der Waals surface area contributed by atoms with Crippen LogP contribution >= 0.6 is 0 Å². The summed E-state index contributed by atoms with van der Waals surface area (Å²) in [5.74, 6) is 4.55. The van der Waals surface area contributed by atoms with Crippen LogP contribution in [0, 0.1) is 10.8 Å². The highest BCUT2D eigenvalue weighted by molar-refractivity contribution is 6.05. The van der Waals surface area contributed by atoms with E-state index in [9.17, 15) is 9.59 Å². The van der Waals surface area contributed by atoms with Crippen LogP contribution in [-0.2, 0) is 0 Å². The summed E-state index contributed by atoms with van der Waals surface area (Å²) in [6, 6.07) is 25.7. The molecule has 6 aromatic heterocycles. The lowest BCUT2D eigenvalue weighted by Gasteiger charge is -2.23. The fourth-order valence-electron chi connectivity index (χ4n) is 10.3. The number of nitrogens with one attached hydrogen (secondary N) is 4. The Labute approximate surface area is 380 Å². The van der Waals surface area contributed by atoms with E-state index in [4.69, 9.17) is 21.4 Å². The number of amides is 2. The molecule has 2 aromatic carbocycles. The number of piperidine rings is 2. The van der Waals surface area contributed by atoms with Crippen molar-refractivity contribution in [1.82, 2.24) is 49.3 Å². The van der Waals surface area contributed by atoms with Crippen molar-refractivity contribution in [2.45, 2.75) is 50.4 Å². The lowest BCUT2D eigenvalue weighted by molar-refractivity contribution is 0.101. The zero-order chi connectivity index (χ0) is 44.8. The first-order valence-corrected chi connectivity index (χ1v) is 22.6. The van der Waals surface area contributed by atoms with E-state index in [0.717, 1.165) is 71.4 Å². The molecule has 12 rings (SSSR count). The first kappa shape index (κ1) is 41.2. The SMILES string of the molecule is Nc1nccn2c(C3CC34CCNCC4)nc(-c3ccc(C(=O)Nc4ccccn4)cc3)c12.Nc1nccn2c(C3CC34CCNCC4)nc(-c3ccc(C(=O)Nc4ccccn4)cc3)c12. The summed E-state index contributed by atoms with van der Waals surface area (Å²) in [6.07, 6.45) is 17.7. The van der Waals surface area contributed by atoms with E-state index in [1.54, 1.807) is 61.2 Å². The van der Waals surface area contributed by atoms with E-state index in [0.29, 0.717) is 57.1 Å². The molecule has 8 aromatic rings. The molecule has 0 radical (unpaired) electrons. The molecule has 0 bridgehead atoms. The van der Waals surface area contributed by atoms with Gasteiger partial charge in [-0.2, -0.15) is 0 Å². The second-order valence-corrected chi connectivity index (χ2v) is 17.9. The van der Waals surface area contributed by atoms with Gasteiger partial charge in [0.25, 0.3) is 11.8 Å². The Morgan fingerprint density at radius 3 is 1.33 bits per heavy atom. The van der Waals surface area contributed by atoms with Crippen LogP contribution in [0.1, 0.15) is 82.7 Å². The number of hydrogen-bond donors (Lipinski definition) is 6. The van der Waals surface area contributed by atoms with Crippen molar-refractivity contribution in [2.75, 3.05) is 48.3 Å². The number of nitrogens with two attached hydrogens (primary N) is 2. The van der Waals surface area contributed by atoms with Crippen LogP contribution in [0.15, 0.2) is 122 Å². The lowest BCUT2D eigenvalue weighted by Crippen LogP contribution is -2.29. The highest BCUT2D eigenvalue weighted by atomic mass is 16.2. The smallest absolute Gasteiger partial charge is 0.256 e. The summed E-state index contributed by atoms with van der Waals surface area (Å²) < 4.78 is 4.22. The standard InChI is InChI=1S/2C25H25N7O/c2*26-22-21-20(16-4-6-17(7-5-16)24(33)30-19-3-1-2-10-28-19)31-23(32(21)14-13-29-22)18-15-25(18)8-11-27-12-9-25/h2*1-7,10,13-14,18,27H,8-9,11-12,15H2,(H2,26,29)(H,28,30,33). The normalized spacial score (nSPS) is 19.0. The molecule has 332 valence electrons.